The lowest BCUT2D eigenvalue weighted by Crippen LogP contribution is -2.39. The fourth-order valence-electron chi connectivity index (χ4n) is 2.60. The van der Waals surface area contributed by atoms with Crippen molar-refractivity contribution in [2.75, 3.05) is 19.8 Å². The van der Waals surface area contributed by atoms with E-state index >= 15 is 0 Å². The van der Waals surface area contributed by atoms with Crippen LogP contribution in [0.3, 0.4) is 0 Å². The highest BCUT2D eigenvalue weighted by Gasteiger charge is 2.30. The molecule has 0 bridgehead atoms. The van der Waals surface area contributed by atoms with Crippen LogP contribution < -0.4 is 9.47 Å². The van der Waals surface area contributed by atoms with Crippen molar-refractivity contribution in [1.29, 1.82) is 0 Å². The molecule has 1 aliphatic rings. The van der Waals surface area contributed by atoms with E-state index in [1.807, 2.05) is 6.92 Å². The molecule has 2 rings (SSSR count). The number of carbonyl (C=O) groups excluding carboxylic acids is 1. The van der Waals surface area contributed by atoms with Gasteiger partial charge in [-0.2, -0.15) is 0 Å². The first-order chi connectivity index (χ1) is 10.6. The monoisotopic (exact) mass is 307 g/mol. The summed E-state index contributed by atoms with van der Waals surface area (Å²) in [6.45, 7) is 3.03. The third-order valence-electron chi connectivity index (χ3n) is 3.60. The van der Waals surface area contributed by atoms with Gasteiger partial charge in [-0.15, -0.1) is 0 Å². The summed E-state index contributed by atoms with van der Waals surface area (Å²) < 4.78 is 10.8. The number of aliphatic carboxylic acids is 1. The van der Waals surface area contributed by atoms with Crippen LogP contribution in [0.2, 0.25) is 0 Å². The average molecular weight is 307 g/mol. The van der Waals surface area contributed by atoms with Gasteiger partial charge in [-0.1, -0.05) is 0 Å². The van der Waals surface area contributed by atoms with Gasteiger partial charge in [-0.3, -0.25) is 9.59 Å². The Hall–Kier alpha value is -2.24. The van der Waals surface area contributed by atoms with Gasteiger partial charge < -0.3 is 19.5 Å². The van der Waals surface area contributed by atoms with E-state index < -0.39 is 5.97 Å². The maximum absolute atomic E-state index is 12.2. The molecule has 120 valence electrons. The number of amides is 1. The van der Waals surface area contributed by atoms with E-state index in [2.05, 4.69) is 0 Å². The molecule has 1 heterocycles. The molecule has 1 fully saturated rings. The van der Waals surface area contributed by atoms with E-state index in [9.17, 15) is 9.59 Å². The first-order valence-corrected chi connectivity index (χ1v) is 7.47. The second-order valence-corrected chi connectivity index (χ2v) is 5.17. The molecule has 6 nitrogen and oxygen atoms in total. The highest BCUT2D eigenvalue weighted by molar-refractivity contribution is 5.79. The van der Waals surface area contributed by atoms with Crippen LogP contribution in [-0.4, -0.2) is 47.7 Å². The maximum atomic E-state index is 12.2. The number of carboxylic acid groups (broad SMARTS) is 1. The van der Waals surface area contributed by atoms with Gasteiger partial charge >= 0.3 is 5.97 Å². The molecule has 1 saturated heterocycles. The lowest BCUT2D eigenvalue weighted by atomic mass is 10.1. The number of rotatable bonds is 7. The molecule has 0 aliphatic carbocycles. The summed E-state index contributed by atoms with van der Waals surface area (Å²) in [6.07, 6.45) is 1.57. The zero-order valence-corrected chi connectivity index (χ0v) is 12.7. The third kappa shape index (κ3) is 4.38. The first-order valence-electron chi connectivity index (χ1n) is 7.47. The summed E-state index contributed by atoms with van der Waals surface area (Å²) in [5, 5.41) is 8.87. The summed E-state index contributed by atoms with van der Waals surface area (Å²) >= 11 is 0. The lowest BCUT2D eigenvalue weighted by molar-refractivity contribution is -0.140. The topological polar surface area (TPSA) is 76.1 Å². The minimum absolute atomic E-state index is 0.00517. The van der Waals surface area contributed by atoms with Gasteiger partial charge in [0.05, 0.1) is 13.0 Å². The quantitative estimate of drug-likeness (QED) is 0.833. The Balaban J connectivity index is 1.85. The number of carbonyl (C=O) groups is 2. The van der Waals surface area contributed by atoms with Gasteiger partial charge in [0.2, 0.25) is 0 Å². The molecule has 1 N–H and O–H groups in total. The molecule has 0 saturated carbocycles. The van der Waals surface area contributed by atoms with Crippen LogP contribution in [0.4, 0.5) is 0 Å². The molecular formula is C16H21NO5. The molecule has 1 amide bonds. The van der Waals surface area contributed by atoms with E-state index in [0.29, 0.717) is 18.9 Å². The summed E-state index contributed by atoms with van der Waals surface area (Å²) in [5.74, 6) is 0.294. The van der Waals surface area contributed by atoms with E-state index in [0.717, 1.165) is 18.6 Å². The van der Waals surface area contributed by atoms with Gasteiger partial charge in [0.15, 0.2) is 6.61 Å². The van der Waals surface area contributed by atoms with Crippen molar-refractivity contribution in [3.63, 3.8) is 0 Å². The van der Waals surface area contributed by atoms with Crippen LogP contribution >= 0.6 is 0 Å². The highest BCUT2D eigenvalue weighted by atomic mass is 16.5. The van der Waals surface area contributed by atoms with Crippen molar-refractivity contribution in [1.82, 2.24) is 4.90 Å². The molecule has 6 heteroatoms. The number of benzene rings is 1. The van der Waals surface area contributed by atoms with Crippen LogP contribution in [0.15, 0.2) is 24.3 Å². The summed E-state index contributed by atoms with van der Waals surface area (Å²) in [5.41, 5.74) is 0. The van der Waals surface area contributed by atoms with Crippen molar-refractivity contribution >= 4 is 11.9 Å². The largest absolute Gasteiger partial charge is 0.494 e. The molecule has 22 heavy (non-hydrogen) atoms. The number of likely N-dealkylation sites (tertiary alicyclic amines) is 1. The standard InChI is InChI=1S/C16H21NO5/c1-2-21-13-5-7-14(8-6-13)22-11-15(18)17-9-3-4-12(17)10-16(19)20/h5-8,12H,2-4,9-11H2,1H3,(H,19,20). The molecule has 1 aromatic rings. The summed E-state index contributed by atoms with van der Waals surface area (Å²) in [4.78, 5) is 24.6. The van der Waals surface area contributed by atoms with E-state index in [4.69, 9.17) is 14.6 Å². The number of hydrogen-bond acceptors (Lipinski definition) is 4. The van der Waals surface area contributed by atoms with Crippen LogP contribution in [0.1, 0.15) is 26.2 Å². The molecule has 0 spiro atoms. The summed E-state index contributed by atoms with van der Waals surface area (Å²) in [6, 6.07) is 6.85. The third-order valence-corrected chi connectivity index (χ3v) is 3.60. The van der Waals surface area contributed by atoms with Crippen molar-refractivity contribution in [3.8, 4) is 11.5 Å². The Morgan fingerprint density at radius 1 is 1.23 bits per heavy atom. The van der Waals surface area contributed by atoms with Crippen molar-refractivity contribution in [3.05, 3.63) is 24.3 Å². The fraction of sp³-hybridized carbons (Fsp3) is 0.500. The normalized spacial score (nSPS) is 17.3. The predicted octanol–water partition coefficient (Wildman–Crippen LogP) is 1.93. The zero-order chi connectivity index (χ0) is 15.9. The van der Waals surface area contributed by atoms with Crippen molar-refractivity contribution < 1.29 is 24.2 Å². The number of ether oxygens (including phenoxy) is 2. The van der Waals surface area contributed by atoms with Crippen LogP contribution in [0.25, 0.3) is 0 Å². The molecule has 1 atom stereocenters. The second-order valence-electron chi connectivity index (χ2n) is 5.17. The lowest BCUT2D eigenvalue weighted by Gasteiger charge is -2.23. The molecular weight excluding hydrogens is 286 g/mol. The Morgan fingerprint density at radius 3 is 2.45 bits per heavy atom. The fourth-order valence-corrected chi connectivity index (χ4v) is 2.60. The average Bonchev–Trinajstić information content (AvgIpc) is 2.94. The molecule has 1 aliphatic heterocycles. The molecule has 0 aromatic heterocycles. The SMILES string of the molecule is CCOc1ccc(OCC(=O)N2CCCC2CC(=O)O)cc1. The zero-order valence-electron chi connectivity index (χ0n) is 12.7. The van der Waals surface area contributed by atoms with E-state index in [1.165, 1.54) is 0 Å². The minimum atomic E-state index is -0.878. The minimum Gasteiger partial charge on any atom is -0.494 e. The first kappa shape index (κ1) is 16.1. The van der Waals surface area contributed by atoms with Crippen LogP contribution in [0, 0.1) is 0 Å². The molecule has 0 radical (unpaired) electrons. The second kappa shape index (κ2) is 7.68. The van der Waals surface area contributed by atoms with Crippen molar-refractivity contribution in [2.45, 2.75) is 32.2 Å². The maximum Gasteiger partial charge on any atom is 0.305 e. The smallest absolute Gasteiger partial charge is 0.305 e. The Labute approximate surface area is 129 Å². The highest BCUT2D eigenvalue weighted by Crippen LogP contribution is 2.21. The summed E-state index contributed by atoms with van der Waals surface area (Å²) in [7, 11) is 0. The van der Waals surface area contributed by atoms with Crippen LogP contribution in [-0.2, 0) is 9.59 Å². The van der Waals surface area contributed by atoms with Gasteiger partial charge in [0, 0.05) is 12.6 Å². The predicted molar refractivity (Wildman–Crippen MR) is 80.1 cm³/mol. The Morgan fingerprint density at radius 2 is 1.86 bits per heavy atom. The number of carboxylic acids is 1. The van der Waals surface area contributed by atoms with Gasteiger partial charge in [-0.05, 0) is 44.0 Å². The molecule has 1 aromatic carbocycles. The number of nitrogens with zero attached hydrogens (tertiary/aromatic N) is 1. The van der Waals surface area contributed by atoms with E-state index in [-0.39, 0.29) is 25.0 Å². The van der Waals surface area contributed by atoms with Gasteiger partial charge in [0.25, 0.3) is 5.91 Å². The van der Waals surface area contributed by atoms with E-state index in [1.54, 1.807) is 29.2 Å². The Kier molecular flexibility index (Phi) is 5.63. The van der Waals surface area contributed by atoms with Crippen LogP contribution in [0.5, 0.6) is 11.5 Å². The van der Waals surface area contributed by atoms with Gasteiger partial charge in [0.1, 0.15) is 11.5 Å². The van der Waals surface area contributed by atoms with Gasteiger partial charge in [-0.25, -0.2) is 0 Å². The number of hydrogen-bond donors (Lipinski definition) is 1. The van der Waals surface area contributed by atoms with Crippen molar-refractivity contribution in [2.24, 2.45) is 0 Å². The molecule has 1 unspecified atom stereocenters. The Bertz CT molecular complexity index is 514.